The summed E-state index contributed by atoms with van der Waals surface area (Å²) in [5, 5.41) is 25.6. The minimum absolute atomic E-state index is 0.0447. The molecular weight excluding hydrogens is 523 g/mol. The lowest BCUT2D eigenvalue weighted by Crippen LogP contribution is -2.74. The van der Waals surface area contributed by atoms with E-state index in [0.29, 0.717) is 4.34 Å². The van der Waals surface area contributed by atoms with Crippen LogP contribution in [0.4, 0.5) is 5.13 Å². The summed E-state index contributed by atoms with van der Waals surface area (Å²) in [7, 11) is 0. The molecule has 2 aromatic heterocycles. The van der Waals surface area contributed by atoms with Gasteiger partial charge in [0.05, 0.1) is 0 Å². The highest BCUT2D eigenvalue weighted by Crippen LogP contribution is 2.44. The molecule has 4 N–H and O–H groups in total. The number of nitrogen functional groups attached to an aromatic ring is 1. The van der Waals surface area contributed by atoms with Gasteiger partial charge in [-0.05, 0) is 0 Å². The number of nitrogens with one attached hydrogen (secondary N) is 1. The van der Waals surface area contributed by atoms with E-state index in [1.165, 1.54) is 45.8 Å². The van der Waals surface area contributed by atoms with Gasteiger partial charge >= 0.3 is 5.97 Å². The normalized spacial score (nSPS) is 24.2. The van der Waals surface area contributed by atoms with Gasteiger partial charge in [0.25, 0.3) is 5.91 Å². The van der Waals surface area contributed by atoms with Crippen LogP contribution in [0.25, 0.3) is 0 Å². The molecule has 16 heteroatoms. The topological polar surface area (TPSA) is 173 Å². The lowest BCUT2D eigenvalue weighted by atomic mass is 9.89. The summed E-state index contributed by atoms with van der Waals surface area (Å²) in [5.74, 6) is -1.46. The molecule has 4 heterocycles. The van der Waals surface area contributed by atoms with Gasteiger partial charge in [0.1, 0.15) is 34.6 Å². The first kappa shape index (κ1) is 24.4. The van der Waals surface area contributed by atoms with Gasteiger partial charge in [-0.3, -0.25) is 14.4 Å². The maximum absolute atomic E-state index is 12.9. The van der Waals surface area contributed by atoms with Crippen molar-refractivity contribution >= 4 is 74.8 Å². The quantitative estimate of drug-likeness (QED) is 0.0967. The Kier molecular flexibility index (Phi) is 7.39. The Bertz CT molecular complexity index is 1120. The summed E-state index contributed by atoms with van der Waals surface area (Å²) in [6.45, 7) is 3.65. The average molecular weight is 542 g/mol. The van der Waals surface area contributed by atoms with E-state index in [-0.39, 0.29) is 52.5 Å². The van der Waals surface area contributed by atoms with Crippen LogP contribution < -0.4 is 11.1 Å². The number of hydrogen-bond donors (Lipinski definition) is 3. The number of rotatable bonds is 10. The summed E-state index contributed by atoms with van der Waals surface area (Å²) in [6.07, 6.45) is 1.47. The van der Waals surface area contributed by atoms with Crippen LogP contribution in [-0.2, 0) is 19.2 Å². The van der Waals surface area contributed by atoms with Crippen molar-refractivity contribution < 1.29 is 24.3 Å². The number of nitrogens with two attached hydrogens (primary N) is 1. The van der Waals surface area contributed by atoms with Crippen molar-refractivity contribution in [3.63, 3.8) is 0 Å². The van der Waals surface area contributed by atoms with Crippen molar-refractivity contribution in [2.75, 3.05) is 30.4 Å². The first-order valence-corrected chi connectivity index (χ1v) is 13.5. The van der Waals surface area contributed by atoms with Crippen LogP contribution in [0.5, 0.6) is 0 Å². The molecule has 2 unspecified atom stereocenters. The molecule has 2 fully saturated rings. The molecule has 0 saturated carbocycles. The summed E-state index contributed by atoms with van der Waals surface area (Å²) in [6, 6.07) is -0.819. The van der Waals surface area contributed by atoms with E-state index in [1.54, 1.807) is 10.9 Å². The minimum Gasteiger partial charge on any atom is -0.481 e. The SMILES string of the molecule is C=CCON=C(C(=O)NC1C(=O)N2CC(CSc3nncs3)(C(=O)O)CS[C@H]12)c1csc(N)n1. The highest BCUT2D eigenvalue weighted by Gasteiger charge is 2.57. The first-order chi connectivity index (χ1) is 16.3. The number of aromatic nitrogens is 3. The van der Waals surface area contributed by atoms with E-state index in [4.69, 9.17) is 10.6 Å². The Morgan fingerprint density at radius 3 is 2.97 bits per heavy atom. The smallest absolute Gasteiger partial charge is 0.313 e. The van der Waals surface area contributed by atoms with Gasteiger partial charge in [0.2, 0.25) is 5.91 Å². The number of anilines is 1. The Balaban J connectivity index is 1.43. The number of amides is 2. The second-order valence-corrected chi connectivity index (χ2v) is 11.3. The third-order valence-electron chi connectivity index (χ3n) is 5.02. The van der Waals surface area contributed by atoms with Gasteiger partial charge in [-0.1, -0.05) is 40.9 Å². The molecule has 12 nitrogen and oxygen atoms in total. The third kappa shape index (κ3) is 4.89. The molecular formula is C18H19N7O5S4. The average Bonchev–Trinajstić information content (AvgIpc) is 3.50. The number of thiazole rings is 1. The molecule has 0 aromatic carbocycles. The van der Waals surface area contributed by atoms with E-state index in [0.717, 1.165) is 11.3 Å². The van der Waals surface area contributed by atoms with E-state index in [1.807, 2.05) is 0 Å². The van der Waals surface area contributed by atoms with Crippen LogP contribution >= 0.6 is 46.2 Å². The number of β-lactam (4-membered cyclic amide) rings is 1. The molecule has 2 amide bonds. The van der Waals surface area contributed by atoms with Crippen molar-refractivity contribution in [1.82, 2.24) is 25.4 Å². The summed E-state index contributed by atoms with van der Waals surface area (Å²) < 4.78 is 0.668. The summed E-state index contributed by atoms with van der Waals surface area (Å²) in [5.41, 5.74) is 6.22. The summed E-state index contributed by atoms with van der Waals surface area (Å²) >= 11 is 5.09. The van der Waals surface area contributed by atoms with Gasteiger partial charge in [-0.15, -0.1) is 33.3 Å². The summed E-state index contributed by atoms with van der Waals surface area (Å²) in [4.78, 5) is 48.5. The number of aliphatic carboxylic acids is 1. The van der Waals surface area contributed by atoms with Crippen molar-refractivity contribution in [1.29, 1.82) is 0 Å². The van der Waals surface area contributed by atoms with Crippen molar-refractivity contribution in [3.8, 4) is 0 Å². The van der Waals surface area contributed by atoms with E-state index >= 15 is 0 Å². The van der Waals surface area contributed by atoms with Gasteiger partial charge in [-0.25, -0.2) is 4.98 Å². The van der Waals surface area contributed by atoms with Gasteiger partial charge in [0.15, 0.2) is 15.2 Å². The Labute approximate surface area is 210 Å². The predicted molar refractivity (Wildman–Crippen MR) is 130 cm³/mol. The van der Waals surface area contributed by atoms with Gasteiger partial charge in [-0.2, -0.15) is 0 Å². The molecule has 0 bridgehead atoms. The Morgan fingerprint density at radius 2 is 2.32 bits per heavy atom. The molecule has 0 radical (unpaired) electrons. The molecule has 34 heavy (non-hydrogen) atoms. The molecule has 4 rings (SSSR count). The van der Waals surface area contributed by atoms with Gasteiger partial charge in [0, 0.05) is 23.4 Å². The molecule has 2 aromatic rings. The number of nitrogens with zero attached hydrogens (tertiary/aromatic N) is 5. The van der Waals surface area contributed by atoms with Crippen LogP contribution in [0, 0.1) is 5.41 Å². The van der Waals surface area contributed by atoms with Crippen molar-refractivity contribution in [3.05, 3.63) is 29.2 Å². The minimum atomic E-state index is -1.13. The monoisotopic (exact) mass is 541 g/mol. The Morgan fingerprint density at radius 1 is 1.50 bits per heavy atom. The molecule has 0 spiro atoms. The zero-order valence-corrected chi connectivity index (χ0v) is 20.7. The van der Waals surface area contributed by atoms with E-state index < -0.39 is 23.3 Å². The largest absolute Gasteiger partial charge is 0.481 e. The number of carboxylic acids is 1. The lowest BCUT2D eigenvalue weighted by molar-refractivity contribution is -0.157. The zero-order chi connectivity index (χ0) is 24.3. The van der Waals surface area contributed by atoms with Crippen LogP contribution in [0.1, 0.15) is 5.69 Å². The molecule has 2 aliphatic heterocycles. The number of carboxylic acid groups (broad SMARTS) is 1. The number of carbonyl (C=O) groups excluding carboxylic acids is 2. The standard InChI is InChI=1S/C18H19N7O5S4/c1-2-3-30-24-10(9-4-31-16(19)21-9)12(26)22-11-13(27)25-5-18(15(28)29,6-32-14(11)25)7-33-17-23-20-8-34-17/h2,4,8,11,14H,1,3,5-7H2,(H2,19,21)(H,22,26)(H,28,29)/t11?,14-,18?/m1/s1. The number of carbonyl (C=O) groups is 3. The predicted octanol–water partition coefficient (Wildman–Crippen LogP) is 0.747. The number of fused-ring (bicyclic) bond motifs is 1. The molecule has 2 saturated heterocycles. The molecule has 0 aliphatic carbocycles. The first-order valence-electron chi connectivity index (χ1n) is 9.72. The molecule has 3 atom stereocenters. The fourth-order valence-corrected chi connectivity index (χ4v) is 7.19. The second-order valence-electron chi connectivity index (χ2n) is 7.29. The van der Waals surface area contributed by atoms with Crippen molar-refractivity contribution in [2.45, 2.75) is 15.8 Å². The van der Waals surface area contributed by atoms with E-state index in [9.17, 15) is 19.5 Å². The van der Waals surface area contributed by atoms with Crippen LogP contribution in [0.15, 0.2) is 33.0 Å². The second kappa shape index (κ2) is 10.3. The number of oxime groups is 1. The Hall–Kier alpha value is -2.69. The number of hydrogen-bond acceptors (Lipinski definition) is 13. The van der Waals surface area contributed by atoms with Crippen LogP contribution in [0.2, 0.25) is 0 Å². The highest BCUT2D eigenvalue weighted by atomic mass is 32.2. The molecule has 2 aliphatic rings. The molecule has 180 valence electrons. The maximum Gasteiger partial charge on any atom is 0.313 e. The number of thioether (sulfide) groups is 2. The van der Waals surface area contributed by atoms with Crippen LogP contribution in [-0.4, -0.2) is 84.8 Å². The van der Waals surface area contributed by atoms with Gasteiger partial charge < -0.3 is 25.9 Å². The fraction of sp³-hybridized carbons (Fsp3) is 0.389. The maximum atomic E-state index is 12.9. The van der Waals surface area contributed by atoms with E-state index in [2.05, 4.69) is 32.2 Å². The lowest BCUT2D eigenvalue weighted by Gasteiger charge is -2.53. The zero-order valence-electron chi connectivity index (χ0n) is 17.4. The third-order valence-corrected chi connectivity index (χ3v) is 9.44. The van der Waals surface area contributed by atoms with Crippen LogP contribution in [0.3, 0.4) is 0 Å². The van der Waals surface area contributed by atoms with Crippen molar-refractivity contribution in [2.24, 2.45) is 10.6 Å². The fourth-order valence-electron chi connectivity index (χ4n) is 3.30. The highest BCUT2D eigenvalue weighted by molar-refractivity contribution is 8.01.